The molecule has 6 heteroatoms. The Labute approximate surface area is 137 Å². The standard InChI is InChI=1S/C15H20Cl2N2O2/c1-4-15(5-2)9(3)19(18-13(15)14(20)21)12-7-6-10(16)8-11(12)17/h6-9,13,18H,4-5H2,1-3H3,(H,20,21)/i9D,13D. The van der Waals surface area contributed by atoms with Crippen LogP contribution in [0.4, 0.5) is 5.69 Å². The highest BCUT2D eigenvalue weighted by Crippen LogP contribution is 2.45. The summed E-state index contributed by atoms with van der Waals surface area (Å²) in [6.45, 7) is 5.21. The van der Waals surface area contributed by atoms with Gasteiger partial charge in [0.1, 0.15) is 6.02 Å². The van der Waals surface area contributed by atoms with Crippen LogP contribution < -0.4 is 10.4 Å². The molecule has 1 heterocycles. The van der Waals surface area contributed by atoms with E-state index in [1.165, 1.54) is 11.1 Å². The number of benzene rings is 1. The van der Waals surface area contributed by atoms with Crippen molar-refractivity contribution in [3.63, 3.8) is 0 Å². The monoisotopic (exact) mass is 332 g/mol. The average molecular weight is 333 g/mol. The van der Waals surface area contributed by atoms with Crippen molar-refractivity contribution < 1.29 is 12.6 Å². The van der Waals surface area contributed by atoms with Crippen LogP contribution in [-0.2, 0) is 4.79 Å². The number of carboxylic acid groups (broad SMARTS) is 1. The molecule has 0 amide bonds. The Kier molecular flexibility index (Phi) is 3.93. The lowest BCUT2D eigenvalue weighted by Crippen LogP contribution is -2.45. The number of hydrogen-bond donors (Lipinski definition) is 2. The molecule has 2 atom stereocenters. The molecule has 116 valence electrons. The van der Waals surface area contributed by atoms with Crippen molar-refractivity contribution in [2.45, 2.75) is 45.6 Å². The molecule has 1 aromatic carbocycles. The molecule has 0 bridgehead atoms. The van der Waals surface area contributed by atoms with Crippen molar-refractivity contribution >= 4 is 34.9 Å². The van der Waals surface area contributed by atoms with Gasteiger partial charge in [0.15, 0.2) is 0 Å². The van der Waals surface area contributed by atoms with E-state index in [1.807, 2.05) is 0 Å². The van der Waals surface area contributed by atoms with Gasteiger partial charge in [0.25, 0.3) is 0 Å². The maximum atomic E-state index is 11.8. The normalized spacial score (nSPS) is 32.7. The minimum absolute atomic E-state index is 0.291. The molecule has 1 saturated heterocycles. The molecule has 0 spiro atoms. The Morgan fingerprint density at radius 2 is 2.10 bits per heavy atom. The number of halogens is 2. The fourth-order valence-electron chi connectivity index (χ4n) is 2.97. The molecular weight excluding hydrogens is 311 g/mol. The van der Waals surface area contributed by atoms with Crippen molar-refractivity contribution in [2.24, 2.45) is 5.41 Å². The predicted octanol–water partition coefficient (Wildman–Crippen LogP) is 3.97. The molecule has 0 saturated carbocycles. The fourth-order valence-corrected chi connectivity index (χ4v) is 3.46. The molecule has 1 fully saturated rings. The van der Waals surface area contributed by atoms with Gasteiger partial charge < -0.3 is 10.1 Å². The lowest BCUT2D eigenvalue weighted by molar-refractivity contribution is -0.142. The van der Waals surface area contributed by atoms with Gasteiger partial charge in [0, 0.05) is 10.4 Å². The molecule has 2 rings (SSSR count). The summed E-state index contributed by atoms with van der Waals surface area (Å²) in [5.74, 6) is -1.31. The Balaban J connectivity index is 2.67. The number of nitrogens with one attached hydrogen (secondary N) is 1. The summed E-state index contributed by atoms with van der Waals surface area (Å²) in [7, 11) is 0. The zero-order valence-corrected chi connectivity index (χ0v) is 13.7. The summed E-state index contributed by atoms with van der Waals surface area (Å²) >= 11 is 12.1. The van der Waals surface area contributed by atoms with Crippen molar-refractivity contribution in [3.8, 4) is 0 Å². The molecular formula is C15H20Cl2N2O2. The highest BCUT2D eigenvalue weighted by Gasteiger charge is 2.53. The van der Waals surface area contributed by atoms with E-state index in [0.29, 0.717) is 28.6 Å². The van der Waals surface area contributed by atoms with E-state index in [2.05, 4.69) is 5.43 Å². The van der Waals surface area contributed by atoms with Crippen LogP contribution in [-0.4, -0.2) is 23.1 Å². The number of rotatable bonds is 4. The molecule has 1 aromatic rings. The van der Waals surface area contributed by atoms with Crippen LogP contribution in [0.2, 0.25) is 10.0 Å². The maximum Gasteiger partial charge on any atom is 0.323 e. The summed E-state index contributed by atoms with van der Waals surface area (Å²) in [5, 5.41) is 11.8. The van der Waals surface area contributed by atoms with Gasteiger partial charge in [0.2, 0.25) is 0 Å². The van der Waals surface area contributed by atoms with Crippen LogP contribution in [0.1, 0.15) is 36.4 Å². The Bertz CT molecular complexity index is 638. The minimum atomic E-state index is -2.03. The first kappa shape index (κ1) is 13.7. The third kappa shape index (κ3) is 2.60. The number of carboxylic acids is 1. The second-order valence-electron chi connectivity index (χ2n) is 5.10. The van der Waals surface area contributed by atoms with Crippen LogP contribution >= 0.6 is 23.2 Å². The van der Waals surface area contributed by atoms with Crippen molar-refractivity contribution in [1.82, 2.24) is 5.43 Å². The molecule has 0 aliphatic carbocycles. The van der Waals surface area contributed by atoms with E-state index in [-0.39, 0.29) is 0 Å². The third-order valence-corrected chi connectivity index (χ3v) is 4.84. The molecule has 1 aliphatic rings. The Hall–Kier alpha value is -0.970. The topological polar surface area (TPSA) is 52.6 Å². The van der Waals surface area contributed by atoms with Crippen molar-refractivity contribution in [2.75, 3.05) is 5.01 Å². The van der Waals surface area contributed by atoms with Gasteiger partial charge in [-0.1, -0.05) is 37.0 Å². The largest absolute Gasteiger partial charge is 0.480 e. The lowest BCUT2D eigenvalue weighted by atomic mass is 9.71. The molecule has 2 unspecified atom stereocenters. The number of nitrogens with zero attached hydrogens (tertiary/aromatic N) is 1. The smallest absolute Gasteiger partial charge is 0.323 e. The number of aliphatic carboxylic acids is 1. The Morgan fingerprint density at radius 3 is 2.52 bits per heavy atom. The van der Waals surface area contributed by atoms with E-state index >= 15 is 0 Å². The molecule has 0 aromatic heterocycles. The summed E-state index contributed by atoms with van der Waals surface area (Å²) < 4.78 is 17.4. The molecule has 4 nitrogen and oxygen atoms in total. The van der Waals surface area contributed by atoms with E-state index < -0.39 is 23.4 Å². The summed E-state index contributed by atoms with van der Waals surface area (Å²) in [6, 6.07) is 1.34. The van der Waals surface area contributed by atoms with Gasteiger partial charge in [-0.2, -0.15) is 0 Å². The van der Waals surface area contributed by atoms with Gasteiger partial charge in [-0.05, 0) is 38.0 Å². The van der Waals surface area contributed by atoms with Crippen LogP contribution in [0.5, 0.6) is 0 Å². The van der Waals surface area contributed by atoms with E-state index in [9.17, 15) is 9.90 Å². The van der Waals surface area contributed by atoms with Crippen LogP contribution in [0.15, 0.2) is 18.2 Å². The van der Waals surface area contributed by atoms with Crippen LogP contribution in [0.3, 0.4) is 0 Å². The van der Waals surface area contributed by atoms with Gasteiger partial charge >= 0.3 is 5.97 Å². The maximum absolute atomic E-state index is 11.8. The quantitative estimate of drug-likeness (QED) is 0.875. The van der Waals surface area contributed by atoms with Crippen LogP contribution in [0.25, 0.3) is 0 Å². The van der Waals surface area contributed by atoms with E-state index in [4.69, 9.17) is 25.9 Å². The zero-order chi connectivity index (χ0) is 17.6. The first-order valence-corrected chi connectivity index (χ1v) is 7.59. The first-order chi connectivity index (χ1) is 10.6. The molecule has 0 radical (unpaired) electrons. The molecule has 1 aliphatic heterocycles. The third-order valence-electron chi connectivity index (χ3n) is 4.30. The Morgan fingerprint density at radius 1 is 1.48 bits per heavy atom. The van der Waals surface area contributed by atoms with Crippen molar-refractivity contribution in [3.05, 3.63) is 28.2 Å². The number of hydrazine groups is 1. The summed E-state index contributed by atoms with van der Waals surface area (Å²) in [5.41, 5.74) is 2.01. The molecule has 21 heavy (non-hydrogen) atoms. The van der Waals surface area contributed by atoms with Gasteiger partial charge in [-0.15, -0.1) is 0 Å². The minimum Gasteiger partial charge on any atom is -0.480 e. The average Bonchev–Trinajstić information content (AvgIpc) is 2.64. The number of hydrogen-bond acceptors (Lipinski definition) is 3. The van der Waals surface area contributed by atoms with Crippen LogP contribution in [0, 0.1) is 5.41 Å². The van der Waals surface area contributed by atoms with Gasteiger partial charge in [0.05, 0.1) is 19.5 Å². The molecule has 2 N–H and O–H groups in total. The zero-order valence-electron chi connectivity index (χ0n) is 14.2. The summed E-state index contributed by atoms with van der Waals surface area (Å²) in [6.07, 6.45) is 0.710. The van der Waals surface area contributed by atoms with E-state index in [0.717, 1.165) is 0 Å². The van der Waals surface area contributed by atoms with Gasteiger partial charge in [-0.25, -0.2) is 5.43 Å². The second kappa shape index (κ2) is 6.03. The predicted molar refractivity (Wildman–Crippen MR) is 86.0 cm³/mol. The highest BCUT2D eigenvalue weighted by molar-refractivity contribution is 6.36. The van der Waals surface area contributed by atoms with E-state index in [1.54, 1.807) is 32.9 Å². The summed E-state index contributed by atoms with van der Waals surface area (Å²) in [4.78, 5) is 11.8. The highest BCUT2D eigenvalue weighted by atomic mass is 35.5. The fraction of sp³-hybridized carbons (Fsp3) is 0.533. The first-order valence-electron chi connectivity index (χ1n) is 7.84. The lowest BCUT2D eigenvalue weighted by Gasteiger charge is -2.35. The van der Waals surface area contributed by atoms with Crippen molar-refractivity contribution in [1.29, 1.82) is 0 Å². The SMILES string of the molecule is [2H]C1(C(=O)O)NN(c2ccc(Cl)cc2Cl)C([2H])(C)C1(CC)CC. The number of carbonyl (C=O) groups is 1. The number of anilines is 1. The second-order valence-corrected chi connectivity index (χ2v) is 5.94. The van der Waals surface area contributed by atoms with Gasteiger partial charge in [-0.3, -0.25) is 4.79 Å².